The summed E-state index contributed by atoms with van der Waals surface area (Å²) >= 11 is 0. The van der Waals surface area contributed by atoms with Crippen molar-refractivity contribution in [2.75, 3.05) is 33.2 Å². The van der Waals surface area contributed by atoms with Crippen LogP contribution in [0.15, 0.2) is 35.3 Å². The molecule has 0 radical (unpaired) electrons. The lowest BCUT2D eigenvalue weighted by Crippen LogP contribution is -2.53. The van der Waals surface area contributed by atoms with E-state index in [1.54, 1.807) is 6.92 Å². The second kappa shape index (κ2) is 7.02. The topological polar surface area (TPSA) is 47.9 Å². The highest BCUT2D eigenvalue weighted by Gasteiger charge is 2.38. The van der Waals surface area contributed by atoms with Crippen LogP contribution in [0.4, 0.5) is 0 Å². The Bertz CT molecular complexity index is 564. The van der Waals surface area contributed by atoms with E-state index in [2.05, 4.69) is 45.5 Å². The van der Waals surface area contributed by atoms with Gasteiger partial charge < -0.3 is 15.1 Å². The molecule has 2 atom stereocenters. The average Bonchev–Trinajstić information content (AvgIpc) is 3.31. The van der Waals surface area contributed by atoms with Crippen molar-refractivity contribution in [2.24, 2.45) is 10.9 Å². The molecule has 2 fully saturated rings. The molecule has 2 aliphatic rings. The number of rotatable bonds is 3. The van der Waals surface area contributed by atoms with Crippen molar-refractivity contribution < 1.29 is 4.79 Å². The number of hydrogen-bond donors (Lipinski definition) is 1. The van der Waals surface area contributed by atoms with E-state index in [1.165, 1.54) is 12.0 Å². The Hall–Kier alpha value is -2.04. The van der Waals surface area contributed by atoms with Crippen molar-refractivity contribution in [1.29, 1.82) is 0 Å². The molecular weight excluding hydrogens is 288 g/mol. The number of carbonyl (C=O) groups is 1. The molecule has 2 unspecified atom stereocenters. The summed E-state index contributed by atoms with van der Waals surface area (Å²) in [7, 11) is 1.84. The number of carbonyl (C=O) groups excluding carboxylic acids is 1. The van der Waals surface area contributed by atoms with Crippen molar-refractivity contribution in [3.05, 3.63) is 35.9 Å². The third kappa shape index (κ3) is 4.03. The first-order valence-corrected chi connectivity index (χ1v) is 8.45. The normalized spacial score (nSPS) is 24.5. The zero-order valence-electron chi connectivity index (χ0n) is 14.0. The second-order valence-corrected chi connectivity index (χ2v) is 6.48. The molecule has 3 rings (SSSR count). The Morgan fingerprint density at radius 3 is 2.43 bits per heavy atom. The number of aliphatic imine (C=N–C) groups is 1. The standard InChI is InChI=1S/C18H26N4O/c1-14(23)21-8-10-22(11-9-21)18(19-2)20-17-13-16(17)12-15-6-4-3-5-7-15/h3-7,16-17H,8-13H2,1-2H3,(H,19,20). The number of guanidine groups is 1. The minimum absolute atomic E-state index is 0.165. The SMILES string of the molecule is CN=C(NC1CC1Cc1ccccc1)N1CCN(C(C)=O)CC1. The molecule has 1 N–H and O–H groups in total. The van der Waals surface area contributed by atoms with E-state index in [0.717, 1.165) is 38.6 Å². The molecule has 0 spiro atoms. The number of amides is 1. The van der Waals surface area contributed by atoms with Crippen LogP contribution in [-0.4, -0.2) is 60.9 Å². The molecule has 0 aromatic heterocycles. The quantitative estimate of drug-likeness (QED) is 0.677. The first-order chi connectivity index (χ1) is 11.2. The summed E-state index contributed by atoms with van der Waals surface area (Å²) in [5.74, 6) is 1.85. The summed E-state index contributed by atoms with van der Waals surface area (Å²) in [4.78, 5) is 20.0. The number of nitrogens with one attached hydrogen (secondary N) is 1. The summed E-state index contributed by atoms with van der Waals surface area (Å²) < 4.78 is 0. The Morgan fingerprint density at radius 1 is 1.17 bits per heavy atom. The fourth-order valence-corrected chi connectivity index (χ4v) is 3.26. The number of hydrogen-bond acceptors (Lipinski definition) is 2. The lowest BCUT2D eigenvalue weighted by atomic mass is 10.1. The van der Waals surface area contributed by atoms with Crippen LogP contribution in [0.3, 0.4) is 0 Å². The van der Waals surface area contributed by atoms with Gasteiger partial charge >= 0.3 is 0 Å². The highest BCUT2D eigenvalue weighted by Crippen LogP contribution is 2.33. The maximum atomic E-state index is 11.4. The molecule has 1 saturated heterocycles. The predicted molar refractivity (Wildman–Crippen MR) is 92.4 cm³/mol. The Balaban J connectivity index is 1.47. The van der Waals surface area contributed by atoms with Gasteiger partial charge in [0.25, 0.3) is 0 Å². The molecule has 5 heteroatoms. The van der Waals surface area contributed by atoms with Gasteiger partial charge in [0.15, 0.2) is 5.96 Å². The van der Waals surface area contributed by atoms with E-state index >= 15 is 0 Å². The predicted octanol–water partition coefficient (Wildman–Crippen LogP) is 1.36. The molecule has 1 saturated carbocycles. The van der Waals surface area contributed by atoms with E-state index < -0.39 is 0 Å². The fourth-order valence-electron chi connectivity index (χ4n) is 3.26. The molecule has 124 valence electrons. The van der Waals surface area contributed by atoms with Crippen LogP contribution < -0.4 is 5.32 Å². The first kappa shape index (κ1) is 15.8. The van der Waals surface area contributed by atoms with E-state index in [9.17, 15) is 4.79 Å². The van der Waals surface area contributed by atoms with Crippen LogP contribution in [0.2, 0.25) is 0 Å². The maximum absolute atomic E-state index is 11.4. The summed E-state index contributed by atoms with van der Waals surface area (Å²) in [5.41, 5.74) is 1.41. The van der Waals surface area contributed by atoms with Crippen LogP contribution in [0.1, 0.15) is 18.9 Å². The summed E-state index contributed by atoms with van der Waals surface area (Å²) in [6, 6.07) is 11.2. The fraction of sp³-hybridized carbons (Fsp3) is 0.556. The van der Waals surface area contributed by atoms with Crippen molar-refractivity contribution in [2.45, 2.75) is 25.8 Å². The second-order valence-electron chi connectivity index (χ2n) is 6.48. The van der Waals surface area contributed by atoms with Gasteiger partial charge in [0.05, 0.1) is 0 Å². The summed E-state index contributed by atoms with van der Waals surface area (Å²) in [6.45, 7) is 4.92. The van der Waals surface area contributed by atoms with Crippen molar-refractivity contribution >= 4 is 11.9 Å². The van der Waals surface area contributed by atoms with Gasteiger partial charge in [0.2, 0.25) is 5.91 Å². The minimum Gasteiger partial charge on any atom is -0.353 e. The number of benzene rings is 1. The van der Waals surface area contributed by atoms with Gasteiger partial charge in [-0.05, 0) is 24.3 Å². The van der Waals surface area contributed by atoms with Gasteiger partial charge in [-0.3, -0.25) is 9.79 Å². The summed E-state index contributed by atoms with van der Waals surface area (Å²) in [6.07, 6.45) is 2.34. The molecular formula is C18H26N4O. The Morgan fingerprint density at radius 2 is 1.83 bits per heavy atom. The van der Waals surface area contributed by atoms with Crippen LogP contribution in [-0.2, 0) is 11.2 Å². The monoisotopic (exact) mass is 314 g/mol. The van der Waals surface area contributed by atoms with Crippen LogP contribution in [0.5, 0.6) is 0 Å². The molecule has 1 aromatic carbocycles. The Labute approximate surface area is 138 Å². The average molecular weight is 314 g/mol. The third-order valence-electron chi connectivity index (χ3n) is 4.81. The van der Waals surface area contributed by atoms with Gasteiger partial charge in [0.1, 0.15) is 0 Å². The van der Waals surface area contributed by atoms with E-state index in [0.29, 0.717) is 12.0 Å². The Kier molecular flexibility index (Phi) is 4.84. The molecule has 1 heterocycles. The zero-order chi connectivity index (χ0) is 16.2. The van der Waals surface area contributed by atoms with Crippen molar-refractivity contribution in [3.63, 3.8) is 0 Å². The molecule has 1 amide bonds. The van der Waals surface area contributed by atoms with Crippen LogP contribution in [0, 0.1) is 5.92 Å². The van der Waals surface area contributed by atoms with Gasteiger partial charge in [-0.2, -0.15) is 0 Å². The zero-order valence-corrected chi connectivity index (χ0v) is 14.0. The minimum atomic E-state index is 0.165. The summed E-state index contributed by atoms with van der Waals surface area (Å²) in [5, 5.41) is 3.60. The first-order valence-electron chi connectivity index (χ1n) is 8.45. The van der Waals surface area contributed by atoms with E-state index in [4.69, 9.17) is 0 Å². The molecule has 1 aliphatic carbocycles. The lowest BCUT2D eigenvalue weighted by Gasteiger charge is -2.36. The van der Waals surface area contributed by atoms with E-state index in [1.807, 2.05) is 11.9 Å². The molecule has 0 bridgehead atoms. The van der Waals surface area contributed by atoms with Gasteiger partial charge in [0, 0.05) is 46.2 Å². The van der Waals surface area contributed by atoms with E-state index in [-0.39, 0.29) is 5.91 Å². The maximum Gasteiger partial charge on any atom is 0.219 e. The molecule has 1 aromatic rings. The number of piperazine rings is 1. The molecule has 1 aliphatic heterocycles. The lowest BCUT2D eigenvalue weighted by molar-refractivity contribution is -0.130. The van der Waals surface area contributed by atoms with Gasteiger partial charge in [-0.25, -0.2) is 0 Å². The van der Waals surface area contributed by atoms with Crippen LogP contribution in [0.25, 0.3) is 0 Å². The van der Waals surface area contributed by atoms with Gasteiger partial charge in [-0.15, -0.1) is 0 Å². The van der Waals surface area contributed by atoms with Crippen LogP contribution >= 0.6 is 0 Å². The smallest absolute Gasteiger partial charge is 0.219 e. The van der Waals surface area contributed by atoms with Gasteiger partial charge in [-0.1, -0.05) is 30.3 Å². The van der Waals surface area contributed by atoms with Crippen molar-refractivity contribution in [1.82, 2.24) is 15.1 Å². The molecule has 23 heavy (non-hydrogen) atoms. The molecule has 5 nitrogen and oxygen atoms in total. The highest BCUT2D eigenvalue weighted by molar-refractivity contribution is 5.81. The highest BCUT2D eigenvalue weighted by atomic mass is 16.2. The largest absolute Gasteiger partial charge is 0.353 e. The van der Waals surface area contributed by atoms with Crippen molar-refractivity contribution in [3.8, 4) is 0 Å². The number of nitrogens with zero attached hydrogens (tertiary/aromatic N) is 3. The third-order valence-corrected chi connectivity index (χ3v) is 4.81.